The fourth-order valence-corrected chi connectivity index (χ4v) is 3.54. The van der Waals surface area contributed by atoms with Crippen LogP contribution in [0.1, 0.15) is 18.4 Å². The molecule has 1 aliphatic heterocycles. The van der Waals surface area contributed by atoms with Crippen LogP contribution in [0.25, 0.3) is 10.9 Å². The van der Waals surface area contributed by atoms with Crippen molar-refractivity contribution < 1.29 is 4.74 Å². The summed E-state index contributed by atoms with van der Waals surface area (Å²) in [4.78, 5) is 30.0. The van der Waals surface area contributed by atoms with Crippen molar-refractivity contribution in [2.45, 2.75) is 31.5 Å². The van der Waals surface area contributed by atoms with Gasteiger partial charge in [0.15, 0.2) is 6.10 Å². The summed E-state index contributed by atoms with van der Waals surface area (Å²) in [7, 11) is 0. The van der Waals surface area contributed by atoms with Crippen LogP contribution in [0, 0.1) is 5.41 Å². The molecular formula is C22H24N6O2. The van der Waals surface area contributed by atoms with E-state index in [1.165, 1.54) is 18.0 Å². The number of likely N-dealkylation sites (tertiary alicyclic amines) is 1. The summed E-state index contributed by atoms with van der Waals surface area (Å²) in [6, 6.07) is 12.3. The molecule has 0 saturated carbocycles. The molecule has 8 heteroatoms. The largest absolute Gasteiger partial charge is 0.450 e. The van der Waals surface area contributed by atoms with Gasteiger partial charge in [-0.25, -0.2) is 0 Å². The molecule has 1 saturated heterocycles. The Balaban J connectivity index is 1.33. The number of ether oxygens (including phenoxy) is 1. The van der Waals surface area contributed by atoms with E-state index in [-0.39, 0.29) is 17.6 Å². The molecule has 1 unspecified atom stereocenters. The van der Waals surface area contributed by atoms with Gasteiger partial charge >= 0.3 is 0 Å². The number of H-pyrrole nitrogens is 1. The number of nitrogens with zero attached hydrogens (tertiary/aromatic N) is 4. The van der Waals surface area contributed by atoms with E-state index < -0.39 is 6.10 Å². The number of aromatic nitrogens is 3. The van der Waals surface area contributed by atoms with E-state index in [1.54, 1.807) is 12.3 Å². The van der Waals surface area contributed by atoms with Gasteiger partial charge in [0, 0.05) is 38.3 Å². The van der Waals surface area contributed by atoms with Crippen LogP contribution in [0.4, 0.5) is 0 Å². The second kappa shape index (κ2) is 9.41. The minimum atomic E-state index is -0.690. The van der Waals surface area contributed by atoms with Crippen LogP contribution < -0.4 is 10.3 Å². The van der Waals surface area contributed by atoms with Gasteiger partial charge in [0.05, 0.1) is 23.1 Å². The number of benzene rings is 1. The fraction of sp³-hybridized carbons (Fsp3) is 0.318. The van der Waals surface area contributed by atoms with Crippen molar-refractivity contribution in [2.75, 3.05) is 13.1 Å². The van der Waals surface area contributed by atoms with Gasteiger partial charge in [0.2, 0.25) is 0 Å². The van der Waals surface area contributed by atoms with Crippen LogP contribution in [0.15, 0.2) is 58.6 Å². The van der Waals surface area contributed by atoms with Crippen molar-refractivity contribution in [1.82, 2.24) is 19.9 Å². The minimum absolute atomic E-state index is 0.0538. The second-order valence-corrected chi connectivity index (χ2v) is 7.30. The molecule has 1 atom stereocenters. The Labute approximate surface area is 174 Å². The average Bonchev–Trinajstić information content (AvgIpc) is 2.78. The molecule has 2 aromatic heterocycles. The van der Waals surface area contributed by atoms with Gasteiger partial charge in [-0.05, 0) is 24.5 Å². The maximum Gasteiger partial charge on any atom is 0.298 e. The molecule has 30 heavy (non-hydrogen) atoms. The van der Waals surface area contributed by atoms with Crippen LogP contribution in [-0.4, -0.2) is 57.5 Å². The first kappa shape index (κ1) is 19.9. The summed E-state index contributed by atoms with van der Waals surface area (Å²) in [5, 5.41) is 8.06. The SMILES string of the molecule is N=CC(C=NC1CCN(Cc2ccccc2)CC1)Oc1nc2cnccc2c(=O)[nH]1. The molecule has 0 amide bonds. The number of pyridine rings is 1. The molecule has 0 spiro atoms. The van der Waals surface area contributed by atoms with Gasteiger partial charge in [-0.1, -0.05) is 30.3 Å². The van der Waals surface area contributed by atoms with Crippen molar-refractivity contribution in [2.24, 2.45) is 4.99 Å². The summed E-state index contributed by atoms with van der Waals surface area (Å²) in [5.41, 5.74) is 1.47. The van der Waals surface area contributed by atoms with Gasteiger partial charge in [-0.2, -0.15) is 4.98 Å². The van der Waals surface area contributed by atoms with Crippen molar-refractivity contribution in [1.29, 1.82) is 5.41 Å². The molecule has 3 heterocycles. The number of fused-ring (bicyclic) bond motifs is 1. The lowest BCUT2D eigenvalue weighted by atomic mass is 10.0. The van der Waals surface area contributed by atoms with Gasteiger partial charge in [0.1, 0.15) is 0 Å². The highest BCUT2D eigenvalue weighted by Gasteiger charge is 2.19. The molecule has 2 N–H and O–H groups in total. The Morgan fingerprint density at radius 2 is 2.07 bits per heavy atom. The smallest absolute Gasteiger partial charge is 0.298 e. The van der Waals surface area contributed by atoms with Gasteiger partial charge in [-0.3, -0.25) is 24.7 Å². The first-order chi connectivity index (χ1) is 14.7. The molecule has 0 bridgehead atoms. The van der Waals surface area contributed by atoms with E-state index in [2.05, 4.69) is 49.1 Å². The Hall–Kier alpha value is -3.39. The lowest BCUT2D eigenvalue weighted by Crippen LogP contribution is -2.35. The molecule has 1 aliphatic rings. The Bertz CT molecular complexity index is 1070. The van der Waals surface area contributed by atoms with Crippen LogP contribution in [0.3, 0.4) is 0 Å². The van der Waals surface area contributed by atoms with Crippen LogP contribution in [0.2, 0.25) is 0 Å². The first-order valence-electron chi connectivity index (χ1n) is 10.0. The summed E-state index contributed by atoms with van der Waals surface area (Å²) in [6.45, 7) is 2.93. The maximum atomic E-state index is 12.1. The van der Waals surface area contributed by atoms with Crippen LogP contribution in [-0.2, 0) is 6.54 Å². The van der Waals surface area contributed by atoms with E-state index in [1.807, 2.05) is 6.07 Å². The predicted molar refractivity (Wildman–Crippen MR) is 117 cm³/mol. The number of hydrogen-bond acceptors (Lipinski definition) is 7. The summed E-state index contributed by atoms with van der Waals surface area (Å²) < 4.78 is 5.65. The monoisotopic (exact) mass is 404 g/mol. The predicted octanol–water partition coefficient (Wildman–Crippen LogP) is 2.45. The van der Waals surface area contributed by atoms with Gasteiger partial charge in [-0.15, -0.1) is 0 Å². The minimum Gasteiger partial charge on any atom is -0.450 e. The highest BCUT2D eigenvalue weighted by atomic mass is 16.5. The number of nitrogens with one attached hydrogen (secondary N) is 2. The van der Waals surface area contributed by atoms with Crippen molar-refractivity contribution in [3.63, 3.8) is 0 Å². The third kappa shape index (κ3) is 4.96. The van der Waals surface area contributed by atoms with Crippen LogP contribution in [0.5, 0.6) is 6.01 Å². The normalized spacial score (nSPS) is 16.7. The molecule has 4 rings (SSSR count). The van der Waals surface area contributed by atoms with E-state index in [0.29, 0.717) is 10.9 Å². The maximum absolute atomic E-state index is 12.1. The topological polar surface area (TPSA) is 107 Å². The quantitative estimate of drug-likeness (QED) is 0.588. The zero-order valence-electron chi connectivity index (χ0n) is 16.6. The first-order valence-corrected chi connectivity index (χ1v) is 10.0. The number of aromatic amines is 1. The van der Waals surface area contributed by atoms with E-state index >= 15 is 0 Å². The number of piperidine rings is 1. The molecule has 8 nitrogen and oxygen atoms in total. The lowest BCUT2D eigenvalue weighted by Gasteiger charge is -2.30. The molecule has 3 aromatic rings. The zero-order valence-corrected chi connectivity index (χ0v) is 16.6. The molecule has 154 valence electrons. The summed E-state index contributed by atoms with van der Waals surface area (Å²) >= 11 is 0. The van der Waals surface area contributed by atoms with Gasteiger partial charge < -0.3 is 10.1 Å². The molecule has 1 fully saturated rings. The number of rotatable bonds is 7. The molecule has 0 aliphatic carbocycles. The van der Waals surface area contributed by atoms with Gasteiger partial charge in [0.25, 0.3) is 11.6 Å². The van der Waals surface area contributed by atoms with Crippen LogP contribution >= 0.6 is 0 Å². The fourth-order valence-electron chi connectivity index (χ4n) is 3.54. The molecule has 1 aromatic carbocycles. The average molecular weight is 404 g/mol. The zero-order chi connectivity index (χ0) is 20.8. The summed E-state index contributed by atoms with van der Waals surface area (Å²) in [6.07, 6.45) is 7.05. The Kier molecular flexibility index (Phi) is 6.24. The van der Waals surface area contributed by atoms with Crippen molar-refractivity contribution >= 4 is 23.3 Å². The molecule has 0 radical (unpaired) electrons. The van der Waals surface area contributed by atoms with Crippen molar-refractivity contribution in [3.8, 4) is 6.01 Å². The third-order valence-corrected chi connectivity index (χ3v) is 5.15. The second-order valence-electron chi connectivity index (χ2n) is 7.30. The lowest BCUT2D eigenvalue weighted by molar-refractivity contribution is 0.206. The number of hydrogen-bond donors (Lipinski definition) is 2. The summed E-state index contributed by atoms with van der Waals surface area (Å²) in [5.74, 6) is 0. The van der Waals surface area contributed by atoms with E-state index in [4.69, 9.17) is 10.1 Å². The molecular weight excluding hydrogens is 380 g/mol. The Morgan fingerprint density at radius 3 is 2.83 bits per heavy atom. The van der Waals surface area contributed by atoms with E-state index in [9.17, 15) is 4.79 Å². The van der Waals surface area contributed by atoms with Crippen molar-refractivity contribution in [3.05, 3.63) is 64.7 Å². The standard InChI is InChI=1S/C22H24N6O2/c23-12-18(30-22-26-20-14-24-9-6-19(20)21(29)27-22)13-25-17-7-10-28(11-8-17)15-16-4-2-1-3-5-16/h1-6,9,12-14,17-18,23H,7-8,10-11,15H2,(H,26,27,29). The number of aliphatic imine (C=N–C) groups is 1. The Morgan fingerprint density at radius 1 is 1.27 bits per heavy atom. The highest BCUT2D eigenvalue weighted by molar-refractivity contribution is 5.85. The third-order valence-electron chi connectivity index (χ3n) is 5.15. The van der Waals surface area contributed by atoms with E-state index in [0.717, 1.165) is 38.7 Å². The highest BCUT2D eigenvalue weighted by Crippen LogP contribution is 2.16.